The lowest BCUT2D eigenvalue weighted by Gasteiger charge is -2.39. The van der Waals surface area contributed by atoms with Gasteiger partial charge in [0, 0.05) is 40.2 Å². The van der Waals surface area contributed by atoms with Crippen LogP contribution in [0, 0.1) is 13.8 Å². The Morgan fingerprint density at radius 1 is 1.26 bits per heavy atom. The van der Waals surface area contributed by atoms with E-state index in [1.54, 1.807) is 28.6 Å². The van der Waals surface area contributed by atoms with Crippen LogP contribution >= 0.6 is 0 Å². The lowest BCUT2D eigenvalue weighted by Crippen LogP contribution is -2.58. The molecule has 2 rings (SSSR count). The number of carbonyl (C=O) groups is 2. The molecule has 8 nitrogen and oxygen atoms in total. The first-order valence-corrected chi connectivity index (χ1v) is 7.87. The van der Waals surface area contributed by atoms with Gasteiger partial charge in [0.15, 0.2) is 0 Å². The molecule has 8 heteroatoms. The number of rotatable bonds is 4. The summed E-state index contributed by atoms with van der Waals surface area (Å²) in [7, 11) is 5.41. The molecule has 128 valence electrons. The van der Waals surface area contributed by atoms with Gasteiger partial charge in [0.25, 0.3) is 0 Å². The fourth-order valence-electron chi connectivity index (χ4n) is 2.80. The van der Waals surface area contributed by atoms with Gasteiger partial charge in [0.05, 0.1) is 6.54 Å². The lowest BCUT2D eigenvalue weighted by atomic mass is 10.1. The predicted molar refractivity (Wildman–Crippen MR) is 85.8 cm³/mol. The third-order valence-corrected chi connectivity index (χ3v) is 4.23. The Balaban J connectivity index is 1.94. The molecule has 1 fully saturated rings. The average molecular weight is 322 g/mol. The van der Waals surface area contributed by atoms with E-state index in [2.05, 4.69) is 10.1 Å². The van der Waals surface area contributed by atoms with Crippen molar-refractivity contribution in [3.8, 4) is 0 Å². The highest BCUT2D eigenvalue weighted by Gasteiger charge is 2.32. The fourth-order valence-corrected chi connectivity index (χ4v) is 2.80. The van der Waals surface area contributed by atoms with Crippen molar-refractivity contribution >= 4 is 11.8 Å². The van der Waals surface area contributed by atoms with Crippen molar-refractivity contribution in [2.75, 3.05) is 40.8 Å². The molecule has 1 saturated heterocycles. The Morgan fingerprint density at radius 2 is 1.96 bits per heavy atom. The second-order valence-corrected chi connectivity index (χ2v) is 6.25. The average Bonchev–Trinajstić information content (AvgIpc) is 2.82. The van der Waals surface area contributed by atoms with Gasteiger partial charge in [-0.15, -0.1) is 0 Å². The summed E-state index contributed by atoms with van der Waals surface area (Å²) in [5.41, 5.74) is 0. The smallest absolute Gasteiger partial charge is 0.241 e. The third-order valence-electron chi connectivity index (χ3n) is 4.23. The maximum Gasteiger partial charge on any atom is 0.241 e. The molecule has 1 unspecified atom stereocenters. The molecule has 1 aliphatic heterocycles. The number of hydrogen-bond donors (Lipinski definition) is 0. The van der Waals surface area contributed by atoms with Gasteiger partial charge in [0.1, 0.15) is 17.7 Å². The van der Waals surface area contributed by atoms with Gasteiger partial charge in [0.2, 0.25) is 11.8 Å². The van der Waals surface area contributed by atoms with Crippen molar-refractivity contribution in [2.45, 2.75) is 32.9 Å². The first-order valence-electron chi connectivity index (χ1n) is 7.87. The highest BCUT2D eigenvalue weighted by atomic mass is 16.2. The van der Waals surface area contributed by atoms with Gasteiger partial charge in [-0.1, -0.05) is 0 Å². The lowest BCUT2D eigenvalue weighted by molar-refractivity contribution is -0.141. The van der Waals surface area contributed by atoms with E-state index in [9.17, 15) is 9.59 Å². The number of carbonyl (C=O) groups excluding carboxylic acids is 2. The van der Waals surface area contributed by atoms with E-state index in [0.29, 0.717) is 38.4 Å². The summed E-state index contributed by atoms with van der Waals surface area (Å²) in [5, 5.41) is 4.27. The standard InChI is InChI=1S/C15H26N6O2/c1-11-16-12(2)21(17-11)7-6-14(22)20-9-8-19(5)13(10-20)15(23)18(3)4/h13H,6-10H2,1-5H3. The van der Waals surface area contributed by atoms with E-state index >= 15 is 0 Å². The largest absolute Gasteiger partial charge is 0.347 e. The van der Waals surface area contributed by atoms with Gasteiger partial charge in [-0.3, -0.25) is 14.5 Å². The first kappa shape index (κ1) is 17.4. The molecule has 1 atom stereocenters. The normalized spacial score (nSPS) is 19.0. The molecule has 2 heterocycles. The van der Waals surface area contributed by atoms with E-state index < -0.39 is 0 Å². The second kappa shape index (κ2) is 7.08. The van der Waals surface area contributed by atoms with Gasteiger partial charge in [-0.2, -0.15) is 5.10 Å². The monoisotopic (exact) mass is 322 g/mol. The van der Waals surface area contributed by atoms with Crippen LogP contribution in [-0.2, 0) is 16.1 Å². The number of piperazine rings is 1. The maximum atomic E-state index is 12.5. The number of aryl methyl sites for hydroxylation is 3. The molecule has 0 aliphatic carbocycles. The van der Waals surface area contributed by atoms with E-state index in [1.165, 1.54) is 0 Å². The van der Waals surface area contributed by atoms with Crippen LogP contribution in [-0.4, -0.2) is 88.1 Å². The van der Waals surface area contributed by atoms with Crippen molar-refractivity contribution in [3.05, 3.63) is 11.6 Å². The van der Waals surface area contributed by atoms with Crippen LogP contribution in [0.4, 0.5) is 0 Å². The number of likely N-dealkylation sites (N-methyl/N-ethyl adjacent to an activating group) is 2. The summed E-state index contributed by atoms with van der Waals surface area (Å²) >= 11 is 0. The topological polar surface area (TPSA) is 74.6 Å². The van der Waals surface area contributed by atoms with Crippen LogP contribution in [0.2, 0.25) is 0 Å². The summed E-state index contributed by atoms with van der Waals surface area (Å²) in [6, 6.07) is -0.266. The van der Waals surface area contributed by atoms with E-state index in [-0.39, 0.29) is 17.9 Å². The zero-order valence-electron chi connectivity index (χ0n) is 14.6. The highest BCUT2D eigenvalue weighted by molar-refractivity contribution is 5.83. The van der Waals surface area contributed by atoms with Crippen LogP contribution in [0.1, 0.15) is 18.1 Å². The molecule has 0 bridgehead atoms. The molecule has 0 saturated carbocycles. The molecule has 0 N–H and O–H groups in total. The van der Waals surface area contributed by atoms with Crippen molar-refractivity contribution in [1.29, 1.82) is 0 Å². The minimum absolute atomic E-state index is 0.0349. The fraction of sp³-hybridized carbons (Fsp3) is 0.733. The van der Waals surface area contributed by atoms with E-state index in [0.717, 1.165) is 5.82 Å². The van der Waals surface area contributed by atoms with Crippen LogP contribution < -0.4 is 0 Å². The van der Waals surface area contributed by atoms with Crippen LogP contribution in [0.25, 0.3) is 0 Å². The molecule has 1 aliphatic rings. The predicted octanol–water partition coefficient (Wildman–Crippen LogP) is -0.484. The Labute approximate surface area is 137 Å². The quantitative estimate of drug-likeness (QED) is 0.748. The SMILES string of the molecule is Cc1nc(C)n(CCC(=O)N2CCN(C)C(C(=O)N(C)C)C2)n1. The van der Waals surface area contributed by atoms with Crippen LogP contribution in [0.3, 0.4) is 0 Å². The summed E-state index contributed by atoms with van der Waals surface area (Å²) in [5.74, 6) is 1.62. The van der Waals surface area contributed by atoms with Crippen LogP contribution in [0.5, 0.6) is 0 Å². The molecule has 0 radical (unpaired) electrons. The Kier molecular flexibility index (Phi) is 5.35. The molecule has 23 heavy (non-hydrogen) atoms. The minimum Gasteiger partial charge on any atom is -0.347 e. The molecule has 0 aromatic carbocycles. The number of nitrogens with zero attached hydrogens (tertiary/aromatic N) is 6. The van der Waals surface area contributed by atoms with Gasteiger partial charge < -0.3 is 9.80 Å². The molecular weight excluding hydrogens is 296 g/mol. The van der Waals surface area contributed by atoms with Crippen molar-refractivity contribution in [3.63, 3.8) is 0 Å². The van der Waals surface area contributed by atoms with Crippen molar-refractivity contribution in [2.24, 2.45) is 0 Å². The first-order chi connectivity index (χ1) is 10.8. The van der Waals surface area contributed by atoms with Gasteiger partial charge in [-0.25, -0.2) is 9.67 Å². The number of aromatic nitrogens is 3. The Bertz CT molecular complexity index is 583. The van der Waals surface area contributed by atoms with E-state index in [4.69, 9.17) is 0 Å². The van der Waals surface area contributed by atoms with Crippen molar-refractivity contribution < 1.29 is 9.59 Å². The Morgan fingerprint density at radius 3 is 2.52 bits per heavy atom. The third kappa shape index (κ3) is 4.07. The second-order valence-electron chi connectivity index (χ2n) is 6.25. The molecule has 1 aromatic heterocycles. The summed E-state index contributed by atoms with van der Waals surface area (Å²) in [4.78, 5) is 34.3. The molecular formula is C15H26N6O2. The van der Waals surface area contributed by atoms with Crippen LogP contribution in [0.15, 0.2) is 0 Å². The minimum atomic E-state index is -0.266. The number of amides is 2. The zero-order chi connectivity index (χ0) is 17.1. The zero-order valence-corrected chi connectivity index (χ0v) is 14.6. The summed E-state index contributed by atoms with van der Waals surface area (Å²) in [6.45, 7) is 6.04. The summed E-state index contributed by atoms with van der Waals surface area (Å²) < 4.78 is 1.76. The molecule has 0 spiro atoms. The highest BCUT2D eigenvalue weighted by Crippen LogP contribution is 2.11. The molecule has 2 amide bonds. The Hall–Kier alpha value is -1.96. The van der Waals surface area contributed by atoms with E-state index in [1.807, 2.05) is 25.8 Å². The van der Waals surface area contributed by atoms with Crippen molar-refractivity contribution in [1.82, 2.24) is 29.5 Å². The molecule has 1 aromatic rings. The summed E-state index contributed by atoms with van der Waals surface area (Å²) in [6.07, 6.45) is 0.371. The van der Waals surface area contributed by atoms with Gasteiger partial charge in [-0.05, 0) is 20.9 Å². The maximum absolute atomic E-state index is 12.5. The number of hydrogen-bond acceptors (Lipinski definition) is 5. The van der Waals surface area contributed by atoms with Gasteiger partial charge >= 0.3 is 0 Å².